The fourth-order valence-corrected chi connectivity index (χ4v) is 3.56. The molecule has 1 unspecified atom stereocenters. The highest BCUT2D eigenvalue weighted by Gasteiger charge is 2.27. The largest absolute Gasteiger partial charge is 0.369 e. The first kappa shape index (κ1) is 13.2. The molecule has 2 aliphatic heterocycles. The molecule has 2 aliphatic rings. The molecule has 4 heteroatoms. The molecule has 2 nitrogen and oxygen atoms in total. The maximum absolute atomic E-state index is 13.4. The van der Waals surface area contributed by atoms with Crippen LogP contribution in [-0.4, -0.2) is 37.1 Å². The summed E-state index contributed by atoms with van der Waals surface area (Å²) in [7, 11) is 0. The van der Waals surface area contributed by atoms with E-state index in [1.807, 2.05) is 0 Å². The average Bonchev–Trinajstić information content (AvgIpc) is 2.63. The van der Waals surface area contributed by atoms with Crippen LogP contribution in [0.1, 0.15) is 25.7 Å². The molecule has 0 amide bonds. The Hall–Kier alpha value is -0.800. The minimum absolute atomic E-state index is 0.204. The number of halogens is 2. The average molecular weight is 283 g/mol. The van der Waals surface area contributed by atoms with Gasteiger partial charge in [-0.15, -0.1) is 0 Å². The van der Waals surface area contributed by atoms with Gasteiger partial charge >= 0.3 is 0 Å². The zero-order chi connectivity index (χ0) is 13.2. The van der Waals surface area contributed by atoms with Crippen LogP contribution in [0.25, 0.3) is 0 Å². The molecule has 0 N–H and O–H groups in total. The molecule has 0 saturated carbocycles. The summed E-state index contributed by atoms with van der Waals surface area (Å²) in [5.41, 5.74) is 0.856. The first-order valence-electron chi connectivity index (χ1n) is 7.18. The zero-order valence-corrected chi connectivity index (χ0v) is 11.9. The van der Waals surface area contributed by atoms with E-state index in [2.05, 4.69) is 9.80 Å². The summed E-state index contributed by atoms with van der Waals surface area (Å²) in [6.45, 7) is 4.32. The minimum atomic E-state index is -0.204. The predicted octanol–water partition coefficient (Wildman–Crippen LogP) is 3.54. The summed E-state index contributed by atoms with van der Waals surface area (Å²) in [5, 5.41) is 0.658. The molecule has 104 valence electrons. The van der Waals surface area contributed by atoms with Gasteiger partial charge in [-0.2, -0.15) is 0 Å². The van der Waals surface area contributed by atoms with Gasteiger partial charge in [-0.3, -0.25) is 4.90 Å². The van der Waals surface area contributed by atoms with Crippen LogP contribution in [0.3, 0.4) is 0 Å². The van der Waals surface area contributed by atoms with Gasteiger partial charge in [0.25, 0.3) is 0 Å². The SMILES string of the molecule is Fc1ccc(Cl)c(N2CCCN3CCCCC3C2)c1. The van der Waals surface area contributed by atoms with Crippen LogP contribution < -0.4 is 4.90 Å². The van der Waals surface area contributed by atoms with Crippen molar-refractivity contribution in [2.75, 3.05) is 31.1 Å². The molecule has 1 aromatic rings. The van der Waals surface area contributed by atoms with Crippen LogP contribution in [0.5, 0.6) is 0 Å². The van der Waals surface area contributed by atoms with Gasteiger partial charge in [0.15, 0.2) is 0 Å². The lowest BCUT2D eigenvalue weighted by molar-refractivity contribution is 0.162. The molecule has 0 radical (unpaired) electrons. The monoisotopic (exact) mass is 282 g/mol. The Morgan fingerprint density at radius 3 is 2.84 bits per heavy atom. The van der Waals surface area contributed by atoms with Crippen molar-refractivity contribution in [2.45, 2.75) is 31.7 Å². The smallest absolute Gasteiger partial charge is 0.125 e. The maximum atomic E-state index is 13.4. The third-order valence-electron chi connectivity index (χ3n) is 4.30. The van der Waals surface area contributed by atoms with Crippen molar-refractivity contribution in [1.29, 1.82) is 0 Å². The fourth-order valence-electron chi connectivity index (χ4n) is 3.32. The highest BCUT2D eigenvalue weighted by molar-refractivity contribution is 6.33. The van der Waals surface area contributed by atoms with E-state index >= 15 is 0 Å². The molecule has 1 atom stereocenters. The number of hydrogen-bond donors (Lipinski definition) is 0. The summed E-state index contributed by atoms with van der Waals surface area (Å²) in [5.74, 6) is -0.204. The topological polar surface area (TPSA) is 6.48 Å². The summed E-state index contributed by atoms with van der Waals surface area (Å²) in [6.07, 6.45) is 5.01. The third kappa shape index (κ3) is 2.87. The molecule has 0 aromatic heterocycles. The Balaban J connectivity index is 1.82. The van der Waals surface area contributed by atoms with Crippen LogP contribution in [0.4, 0.5) is 10.1 Å². The highest BCUT2D eigenvalue weighted by Crippen LogP contribution is 2.30. The number of anilines is 1. The predicted molar refractivity (Wildman–Crippen MR) is 77.5 cm³/mol. The second-order valence-corrected chi connectivity index (χ2v) is 5.99. The number of benzene rings is 1. The molecule has 3 rings (SSSR count). The lowest BCUT2D eigenvalue weighted by atomic mass is 10.0. The Morgan fingerprint density at radius 2 is 1.95 bits per heavy atom. The van der Waals surface area contributed by atoms with Crippen LogP contribution in [0, 0.1) is 5.82 Å². The lowest BCUT2D eigenvalue weighted by Crippen LogP contribution is -2.44. The summed E-state index contributed by atoms with van der Waals surface area (Å²) < 4.78 is 13.4. The first-order valence-corrected chi connectivity index (χ1v) is 7.56. The Bertz CT molecular complexity index is 452. The standard InChI is InChI=1S/C15H20ClFN2/c16-14-6-5-12(17)10-15(14)19-9-3-8-18-7-2-1-4-13(18)11-19/h5-6,10,13H,1-4,7-9,11H2. The maximum Gasteiger partial charge on any atom is 0.125 e. The summed E-state index contributed by atoms with van der Waals surface area (Å²) in [6, 6.07) is 5.27. The van der Waals surface area contributed by atoms with Gasteiger partial charge in [0, 0.05) is 25.7 Å². The van der Waals surface area contributed by atoms with E-state index in [0.717, 1.165) is 31.7 Å². The molecule has 19 heavy (non-hydrogen) atoms. The van der Waals surface area contributed by atoms with E-state index in [9.17, 15) is 4.39 Å². The van der Waals surface area contributed by atoms with E-state index in [4.69, 9.17) is 11.6 Å². The van der Waals surface area contributed by atoms with Gasteiger partial charge in [-0.05, 0) is 44.0 Å². The van der Waals surface area contributed by atoms with Gasteiger partial charge < -0.3 is 4.90 Å². The molecule has 2 heterocycles. The summed E-state index contributed by atoms with van der Waals surface area (Å²) in [4.78, 5) is 4.86. The molecule has 0 aliphatic carbocycles. The van der Waals surface area contributed by atoms with Gasteiger partial charge in [0.1, 0.15) is 5.82 Å². The molecular formula is C15H20ClFN2. The number of fused-ring (bicyclic) bond motifs is 1. The van der Waals surface area contributed by atoms with Crippen molar-refractivity contribution in [1.82, 2.24) is 4.90 Å². The number of rotatable bonds is 1. The van der Waals surface area contributed by atoms with Gasteiger partial charge in [-0.25, -0.2) is 4.39 Å². The van der Waals surface area contributed by atoms with Crippen molar-refractivity contribution < 1.29 is 4.39 Å². The molecule has 2 saturated heterocycles. The van der Waals surface area contributed by atoms with E-state index in [1.165, 1.54) is 31.9 Å². The van der Waals surface area contributed by atoms with E-state index in [-0.39, 0.29) is 5.82 Å². The van der Waals surface area contributed by atoms with Crippen molar-refractivity contribution in [2.24, 2.45) is 0 Å². The Labute approximate surface area is 119 Å². The highest BCUT2D eigenvalue weighted by atomic mass is 35.5. The summed E-state index contributed by atoms with van der Waals surface area (Å²) >= 11 is 6.24. The van der Waals surface area contributed by atoms with Gasteiger partial charge in [-0.1, -0.05) is 18.0 Å². The van der Waals surface area contributed by atoms with E-state index in [0.29, 0.717) is 11.1 Å². The molecular weight excluding hydrogens is 263 g/mol. The van der Waals surface area contributed by atoms with E-state index < -0.39 is 0 Å². The van der Waals surface area contributed by atoms with Crippen LogP contribution >= 0.6 is 11.6 Å². The van der Waals surface area contributed by atoms with Crippen molar-refractivity contribution >= 4 is 17.3 Å². The molecule has 1 aromatic carbocycles. The Kier molecular flexibility index (Phi) is 3.94. The normalized spacial score (nSPS) is 24.9. The minimum Gasteiger partial charge on any atom is -0.369 e. The van der Waals surface area contributed by atoms with Gasteiger partial charge in [0.05, 0.1) is 10.7 Å². The van der Waals surface area contributed by atoms with Crippen LogP contribution in [-0.2, 0) is 0 Å². The van der Waals surface area contributed by atoms with Crippen molar-refractivity contribution in [3.8, 4) is 0 Å². The van der Waals surface area contributed by atoms with Gasteiger partial charge in [0.2, 0.25) is 0 Å². The molecule has 0 bridgehead atoms. The van der Waals surface area contributed by atoms with Crippen molar-refractivity contribution in [3.05, 3.63) is 29.0 Å². The van der Waals surface area contributed by atoms with E-state index in [1.54, 1.807) is 12.1 Å². The number of hydrogen-bond acceptors (Lipinski definition) is 2. The molecule has 0 spiro atoms. The van der Waals surface area contributed by atoms with Crippen LogP contribution in [0.15, 0.2) is 18.2 Å². The quantitative estimate of drug-likeness (QED) is 0.777. The zero-order valence-electron chi connectivity index (χ0n) is 11.1. The second-order valence-electron chi connectivity index (χ2n) is 5.58. The molecule has 2 fully saturated rings. The Morgan fingerprint density at radius 1 is 1.11 bits per heavy atom. The van der Waals surface area contributed by atoms with Crippen LogP contribution in [0.2, 0.25) is 5.02 Å². The lowest BCUT2D eigenvalue weighted by Gasteiger charge is -2.36. The number of piperidine rings is 1. The number of nitrogens with zero attached hydrogens (tertiary/aromatic N) is 2. The van der Waals surface area contributed by atoms with Crippen molar-refractivity contribution in [3.63, 3.8) is 0 Å². The second kappa shape index (κ2) is 5.68. The third-order valence-corrected chi connectivity index (χ3v) is 4.62. The first-order chi connectivity index (χ1) is 9.24. The fraction of sp³-hybridized carbons (Fsp3) is 0.600.